The zero-order valence-electron chi connectivity index (χ0n) is 13.2. The second-order valence-electron chi connectivity index (χ2n) is 5.11. The van der Waals surface area contributed by atoms with Gasteiger partial charge in [0, 0.05) is 12.2 Å². The van der Waals surface area contributed by atoms with Gasteiger partial charge in [-0.1, -0.05) is 39.0 Å². The van der Waals surface area contributed by atoms with E-state index >= 15 is 0 Å². The van der Waals surface area contributed by atoms with Crippen LogP contribution in [0.3, 0.4) is 0 Å². The molecule has 0 fully saturated rings. The monoisotopic (exact) mass is 281 g/mol. The SMILES string of the molecule is CCCNC(c1ccccc1F)C(CC)(CC)OCC. The highest BCUT2D eigenvalue weighted by Crippen LogP contribution is 2.36. The quantitative estimate of drug-likeness (QED) is 0.721. The Labute approximate surface area is 122 Å². The summed E-state index contributed by atoms with van der Waals surface area (Å²) in [5, 5.41) is 3.49. The molecule has 0 bridgehead atoms. The smallest absolute Gasteiger partial charge is 0.128 e. The Morgan fingerprint density at radius 3 is 2.30 bits per heavy atom. The van der Waals surface area contributed by atoms with Crippen LogP contribution in [0.1, 0.15) is 58.6 Å². The van der Waals surface area contributed by atoms with Crippen LogP contribution in [0, 0.1) is 5.82 Å². The molecule has 1 unspecified atom stereocenters. The summed E-state index contributed by atoms with van der Waals surface area (Å²) in [5.41, 5.74) is 0.352. The van der Waals surface area contributed by atoms with Gasteiger partial charge in [0.15, 0.2) is 0 Å². The Morgan fingerprint density at radius 1 is 1.15 bits per heavy atom. The fraction of sp³-hybridized carbons (Fsp3) is 0.647. The normalized spacial score (nSPS) is 13.4. The molecule has 1 atom stereocenters. The third-order valence-corrected chi connectivity index (χ3v) is 3.97. The molecular formula is C17H28FNO. The van der Waals surface area contributed by atoms with E-state index in [4.69, 9.17) is 4.74 Å². The summed E-state index contributed by atoms with van der Waals surface area (Å²) in [4.78, 5) is 0. The number of benzene rings is 1. The van der Waals surface area contributed by atoms with Crippen LogP contribution < -0.4 is 5.32 Å². The number of hydrogen-bond acceptors (Lipinski definition) is 2. The number of hydrogen-bond donors (Lipinski definition) is 1. The van der Waals surface area contributed by atoms with Gasteiger partial charge >= 0.3 is 0 Å². The van der Waals surface area contributed by atoms with E-state index in [1.165, 1.54) is 6.07 Å². The molecule has 2 nitrogen and oxygen atoms in total. The summed E-state index contributed by atoms with van der Waals surface area (Å²) in [6.45, 7) is 9.83. The minimum Gasteiger partial charge on any atom is -0.373 e. The zero-order chi connectivity index (χ0) is 15.0. The summed E-state index contributed by atoms with van der Waals surface area (Å²) in [6.07, 6.45) is 2.72. The Kier molecular flexibility index (Phi) is 7.17. The van der Waals surface area contributed by atoms with Crippen LogP contribution in [0.25, 0.3) is 0 Å². The topological polar surface area (TPSA) is 21.3 Å². The van der Waals surface area contributed by atoms with Crippen molar-refractivity contribution in [2.45, 2.75) is 58.6 Å². The Balaban J connectivity index is 3.18. The van der Waals surface area contributed by atoms with E-state index in [1.54, 1.807) is 6.07 Å². The van der Waals surface area contributed by atoms with Crippen molar-refractivity contribution in [1.82, 2.24) is 5.32 Å². The highest BCUT2D eigenvalue weighted by Gasteiger charge is 2.38. The van der Waals surface area contributed by atoms with E-state index < -0.39 is 0 Å². The maximum atomic E-state index is 14.2. The molecular weight excluding hydrogens is 253 g/mol. The van der Waals surface area contributed by atoms with Crippen molar-refractivity contribution >= 4 is 0 Å². The van der Waals surface area contributed by atoms with Gasteiger partial charge in [-0.25, -0.2) is 4.39 Å². The molecule has 114 valence electrons. The first-order chi connectivity index (χ1) is 9.65. The minimum atomic E-state index is -0.355. The predicted octanol–water partition coefficient (Wildman–Crippen LogP) is 4.46. The fourth-order valence-electron chi connectivity index (χ4n) is 2.81. The largest absolute Gasteiger partial charge is 0.373 e. The molecule has 0 aromatic heterocycles. The van der Waals surface area contributed by atoms with Crippen molar-refractivity contribution in [3.63, 3.8) is 0 Å². The summed E-state index contributed by atoms with van der Waals surface area (Å²) in [5.74, 6) is -0.160. The van der Waals surface area contributed by atoms with E-state index in [0.717, 1.165) is 25.8 Å². The van der Waals surface area contributed by atoms with Crippen molar-refractivity contribution < 1.29 is 9.13 Å². The molecule has 1 aromatic rings. The van der Waals surface area contributed by atoms with Crippen LogP contribution in [0.15, 0.2) is 24.3 Å². The number of nitrogens with one attached hydrogen (secondary N) is 1. The van der Waals surface area contributed by atoms with Gasteiger partial charge < -0.3 is 10.1 Å². The molecule has 1 rings (SSSR count). The molecule has 3 heteroatoms. The van der Waals surface area contributed by atoms with Gasteiger partial charge in [0.2, 0.25) is 0 Å². The molecule has 0 saturated heterocycles. The number of halogens is 1. The highest BCUT2D eigenvalue weighted by atomic mass is 19.1. The second kappa shape index (κ2) is 8.38. The van der Waals surface area contributed by atoms with Crippen LogP contribution in [0.4, 0.5) is 4.39 Å². The molecule has 0 heterocycles. The van der Waals surface area contributed by atoms with Crippen molar-refractivity contribution in [1.29, 1.82) is 0 Å². The lowest BCUT2D eigenvalue weighted by atomic mass is 9.83. The summed E-state index contributed by atoms with van der Waals surface area (Å²) in [7, 11) is 0. The molecule has 0 radical (unpaired) electrons. The first-order valence-corrected chi connectivity index (χ1v) is 7.76. The molecule has 0 saturated carbocycles. The molecule has 0 aliphatic heterocycles. The van der Waals surface area contributed by atoms with Gasteiger partial charge in [0.05, 0.1) is 11.6 Å². The molecule has 0 aliphatic rings. The molecule has 1 aromatic carbocycles. The second-order valence-corrected chi connectivity index (χ2v) is 5.11. The summed E-state index contributed by atoms with van der Waals surface area (Å²) >= 11 is 0. The van der Waals surface area contributed by atoms with Crippen LogP contribution in [0.5, 0.6) is 0 Å². The standard InChI is InChI=1S/C17H28FNO/c1-5-13-19-16(14-11-9-10-12-15(14)18)17(6-2,7-3)20-8-4/h9-12,16,19H,5-8,13H2,1-4H3. The van der Waals surface area contributed by atoms with Crippen molar-refractivity contribution in [3.05, 3.63) is 35.6 Å². The average Bonchev–Trinajstić information content (AvgIpc) is 2.48. The Hall–Kier alpha value is -0.930. The summed E-state index contributed by atoms with van der Waals surface area (Å²) < 4.78 is 20.3. The molecule has 1 N–H and O–H groups in total. The van der Waals surface area contributed by atoms with Crippen LogP contribution in [-0.2, 0) is 4.74 Å². The predicted molar refractivity (Wildman–Crippen MR) is 82.4 cm³/mol. The van der Waals surface area contributed by atoms with Gasteiger partial charge in [-0.3, -0.25) is 0 Å². The Morgan fingerprint density at radius 2 is 1.80 bits per heavy atom. The number of rotatable bonds is 9. The van der Waals surface area contributed by atoms with Gasteiger partial charge in [-0.2, -0.15) is 0 Å². The maximum Gasteiger partial charge on any atom is 0.128 e. The van der Waals surface area contributed by atoms with Gasteiger partial charge in [0.25, 0.3) is 0 Å². The highest BCUT2D eigenvalue weighted by molar-refractivity contribution is 5.24. The van der Waals surface area contributed by atoms with E-state index in [1.807, 2.05) is 19.1 Å². The lowest BCUT2D eigenvalue weighted by Gasteiger charge is -2.40. The molecule has 0 aliphatic carbocycles. The maximum absolute atomic E-state index is 14.2. The first kappa shape index (κ1) is 17.1. The van der Waals surface area contributed by atoms with Crippen molar-refractivity contribution in [3.8, 4) is 0 Å². The van der Waals surface area contributed by atoms with E-state index in [9.17, 15) is 4.39 Å². The number of ether oxygens (including phenoxy) is 1. The Bertz CT molecular complexity index is 390. The molecule has 0 spiro atoms. The van der Waals surface area contributed by atoms with Crippen molar-refractivity contribution in [2.24, 2.45) is 0 Å². The van der Waals surface area contributed by atoms with Gasteiger partial charge in [-0.05, 0) is 38.8 Å². The van der Waals surface area contributed by atoms with Crippen LogP contribution in [0.2, 0.25) is 0 Å². The lowest BCUT2D eigenvalue weighted by molar-refractivity contribution is -0.0739. The van der Waals surface area contributed by atoms with E-state index in [-0.39, 0.29) is 17.5 Å². The van der Waals surface area contributed by atoms with Gasteiger partial charge in [0.1, 0.15) is 5.82 Å². The van der Waals surface area contributed by atoms with E-state index in [2.05, 4.69) is 26.1 Å². The molecule has 0 amide bonds. The van der Waals surface area contributed by atoms with E-state index in [0.29, 0.717) is 12.2 Å². The zero-order valence-corrected chi connectivity index (χ0v) is 13.2. The average molecular weight is 281 g/mol. The van der Waals surface area contributed by atoms with Crippen LogP contribution >= 0.6 is 0 Å². The minimum absolute atomic E-state index is 0.112. The van der Waals surface area contributed by atoms with Crippen LogP contribution in [-0.4, -0.2) is 18.8 Å². The van der Waals surface area contributed by atoms with Crippen molar-refractivity contribution in [2.75, 3.05) is 13.2 Å². The molecule has 20 heavy (non-hydrogen) atoms. The summed E-state index contributed by atoms with van der Waals surface area (Å²) in [6, 6.07) is 6.90. The third-order valence-electron chi connectivity index (χ3n) is 3.97. The van der Waals surface area contributed by atoms with Gasteiger partial charge in [-0.15, -0.1) is 0 Å². The third kappa shape index (κ3) is 3.80. The first-order valence-electron chi connectivity index (χ1n) is 7.76. The lowest BCUT2D eigenvalue weighted by Crippen LogP contribution is -2.46. The fourth-order valence-corrected chi connectivity index (χ4v) is 2.81.